The van der Waals surface area contributed by atoms with Gasteiger partial charge in [0, 0.05) is 29.2 Å². The first kappa shape index (κ1) is 23.5. The molecule has 2 aliphatic heterocycles. The molecular weight excluding hydrogens is 484 g/mol. The van der Waals surface area contributed by atoms with Crippen LogP contribution in [-0.4, -0.2) is 40.7 Å². The number of hydrogen-bond donors (Lipinski definition) is 1. The molecule has 5 rings (SSSR count). The van der Waals surface area contributed by atoms with Gasteiger partial charge in [0.05, 0.1) is 35.8 Å². The predicted molar refractivity (Wildman–Crippen MR) is 136 cm³/mol. The fourth-order valence-electron chi connectivity index (χ4n) is 4.70. The molecule has 3 amide bonds. The SMILES string of the molecule is Cc1csc(CNC(=O)[C@@H]2CCCN(c3cccc4c3C(=O)N(Cc3ccc(Cl)cc3)C4=O)C2)n1. The highest BCUT2D eigenvalue weighted by atomic mass is 35.5. The number of carbonyl (C=O) groups excluding carboxylic acids is 3. The van der Waals surface area contributed by atoms with E-state index in [4.69, 9.17) is 11.6 Å². The second kappa shape index (κ2) is 9.79. The van der Waals surface area contributed by atoms with Crippen molar-refractivity contribution in [2.75, 3.05) is 18.0 Å². The summed E-state index contributed by atoms with van der Waals surface area (Å²) in [6, 6.07) is 12.5. The highest BCUT2D eigenvalue weighted by Gasteiger charge is 2.39. The Morgan fingerprint density at radius 1 is 1.17 bits per heavy atom. The fraction of sp³-hybridized carbons (Fsp3) is 0.308. The van der Waals surface area contributed by atoms with Gasteiger partial charge in [-0.15, -0.1) is 11.3 Å². The Bertz CT molecular complexity index is 1290. The van der Waals surface area contributed by atoms with Gasteiger partial charge in [-0.3, -0.25) is 19.3 Å². The lowest BCUT2D eigenvalue weighted by Crippen LogP contribution is -2.43. The molecule has 0 bridgehead atoms. The van der Waals surface area contributed by atoms with Crippen molar-refractivity contribution in [2.24, 2.45) is 5.92 Å². The number of aromatic nitrogens is 1. The zero-order chi connectivity index (χ0) is 24.5. The van der Waals surface area contributed by atoms with Gasteiger partial charge in [-0.1, -0.05) is 29.8 Å². The molecule has 7 nitrogen and oxygen atoms in total. The molecule has 1 N–H and O–H groups in total. The van der Waals surface area contributed by atoms with E-state index in [-0.39, 0.29) is 30.2 Å². The fourth-order valence-corrected chi connectivity index (χ4v) is 5.53. The highest BCUT2D eigenvalue weighted by Crippen LogP contribution is 2.35. The largest absolute Gasteiger partial charge is 0.370 e. The molecule has 1 atom stereocenters. The second-order valence-corrected chi connectivity index (χ2v) is 10.3. The second-order valence-electron chi connectivity index (χ2n) is 8.91. The van der Waals surface area contributed by atoms with E-state index in [0.717, 1.165) is 35.7 Å². The third-order valence-electron chi connectivity index (χ3n) is 6.44. The van der Waals surface area contributed by atoms with Crippen molar-refractivity contribution < 1.29 is 14.4 Å². The summed E-state index contributed by atoms with van der Waals surface area (Å²) in [4.78, 5) is 47.1. The first-order valence-electron chi connectivity index (χ1n) is 11.6. The van der Waals surface area contributed by atoms with Crippen molar-refractivity contribution in [3.05, 3.63) is 80.3 Å². The highest BCUT2D eigenvalue weighted by molar-refractivity contribution is 7.09. The number of nitrogens with zero attached hydrogens (tertiary/aromatic N) is 3. The van der Waals surface area contributed by atoms with E-state index in [1.807, 2.05) is 30.5 Å². The zero-order valence-electron chi connectivity index (χ0n) is 19.3. The summed E-state index contributed by atoms with van der Waals surface area (Å²) in [6.45, 7) is 3.76. The number of hydrogen-bond acceptors (Lipinski definition) is 6. The molecule has 3 aromatic rings. The lowest BCUT2D eigenvalue weighted by molar-refractivity contribution is -0.125. The summed E-state index contributed by atoms with van der Waals surface area (Å²) in [7, 11) is 0. The third kappa shape index (κ3) is 4.81. The number of anilines is 1. The van der Waals surface area contributed by atoms with E-state index in [1.54, 1.807) is 24.3 Å². The standard InChI is InChI=1S/C26H25ClN4O3S/c1-16-15-35-22(29-16)12-28-24(32)18-4-3-11-30(14-18)21-6-2-5-20-23(21)26(34)31(25(20)33)13-17-7-9-19(27)10-8-17/h2,5-10,15,18H,3-4,11-14H2,1H3,(H,28,32)/t18-/m1/s1. The monoisotopic (exact) mass is 508 g/mol. The van der Waals surface area contributed by atoms with Crippen molar-refractivity contribution in [1.29, 1.82) is 0 Å². The van der Waals surface area contributed by atoms with Gasteiger partial charge in [0.25, 0.3) is 11.8 Å². The Morgan fingerprint density at radius 3 is 2.71 bits per heavy atom. The number of carbonyl (C=O) groups is 3. The maximum absolute atomic E-state index is 13.4. The molecule has 0 spiro atoms. The lowest BCUT2D eigenvalue weighted by Gasteiger charge is -2.34. The average molecular weight is 509 g/mol. The minimum absolute atomic E-state index is 0.0121. The van der Waals surface area contributed by atoms with Gasteiger partial charge in [-0.25, -0.2) is 4.98 Å². The maximum atomic E-state index is 13.4. The van der Waals surface area contributed by atoms with Crippen LogP contribution in [0.1, 0.15) is 49.8 Å². The zero-order valence-corrected chi connectivity index (χ0v) is 20.9. The van der Waals surface area contributed by atoms with E-state index >= 15 is 0 Å². The van der Waals surface area contributed by atoms with Gasteiger partial charge in [-0.2, -0.15) is 0 Å². The summed E-state index contributed by atoms with van der Waals surface area (Å²) in [5, 5.41) is 6.46. The van der Waals surface area contributed by atoms with Crippen LogP contribution in [0.25, 0.3) is 0 Å². The molecule has 1 saturated heterocycles. The molecule has 1 aromatic heterocycles. The van der Waals surface area contributed by atoms with Crippen LogP contribution in [0.5, 0.6) is 0 Å². The first-order valence-corrected chi connectivity index (χ1v) is 12.8. The smallest absolute Gasteiger partial charge is 0.263 e. The number of amides is 3. The maximum Gasteiger partial charge on any atom is 0.263 e. The molecular formula is C26H25ClN4O3S. The molecule has 35 heavy (non-hydrogen) atoms. The number of halogens is 1. The van der Waals surface area contributed by atoms with E-state index in [0.29, 0.717) is 34.9 Å². The van der Waals surface area contributed by atoms with Crippen molar-refractivity contribution >= 4 is 46.3 Å². The summed E-state index contributed by atoms with van der Waals surface area (Å²) < 4.78 is 0. The van der Waals surface area contributed by atoms with Crippen molar-refractivity contribution in [3.8, 4) is 0 Å². The van der Waals surface area contributed by atoms with Crippen molar-refractivity contribution in [2.45, 2.75) is 32.9 Å². The summed E-state index contributed by atoms with van der Waals surface area (Å²) in [5.74, 6) is -0.812. The number of imide groups is 1. The Morgan fingerprint density at radius 2 is 1.97 bits per heavy atom. The van der Waals surface area contributed by atoms with Gasteiger partial charge < -0.3 is 10.2 Å². The number of nitrogens with one attached hydrogen (secondary N) is 1. The van der Waals surface area contributed by atoms with E-state index in [9.17, 15) is 14.4 Å². The van der Waals surface area contributed by atoms with Crippen molar-refractivity contribution in [3.63, 3.8) is 0 Å². The molecule has 3 heterocycles. The summed E-state index contributed by atoms with van der Waals surface area (Å²) in [6.07, 6.45) is 1.61. The number of piperidine rings is 1. The van der Waals surface area contributed by atoms with Crippen LogP contribution in [0.2, 0.25) is 5.02 Å². The molecule has 9 heteroatoms. The third-order valence-corrected chi connectivity index (χ3v) is 7.66. The quantitative estimate of drug-likeness (QED) is 0.498. The van der Waals surface area contributed by atoms with Gasteiger partial charge in [0.15, 0.2) is 0 Å². The first-order chi connectivity index (χ1) is 16.9. The number of thiazole rings is 1. The normalized spacial score (nSPS) is 17.6. The summed E-state index contributed by atoms with van der Waals surface area (Å²) >= 11 is 7.50. The predicted octanol–water partition coefficient (Wildman–Crippen LogP) is 4.43. The van der Waals surface area contributed by atoms with Crippen molar-refractivity contribution in [1.82, 2.24) is 15.2 Å². The van der Waals surface area contributed by atoms with E-state index < -0.39 is 0 Å². The molecule has 0 saturated carbocycles. The van der Waals surface area contributed by atoms with Gasteiger partial charge in [0.2, 0.25) is 5.91 Å². The van der Waals surface area contributed by atoms with Gasteiger partial charge in [0.1, 0.15) is 5.01 Å². The number of fused-ring (bicyclic) bond motifs is 1. The lowest BCUT2D eigenvalue weighted by atomic mass is 9.95. The molecule has 180 valence electrons. The molecule has 0 aliphatic carbocycles. The summed E-state index contributed by atoms with van der Waals surface area (Å²) in [5.41, 5.74) is 3.33. The van der Waals surface area contributed by atoms with Crippen LogP contribution in [0.4, 0.5) is 5.69 Å². The van der Waals surface area contributed by atoms with Crippen LogP contribution < -0.4 is 10.2 Å². The van der Waals surface area contributed by atoms with Gasteiger partial charge >= 0.3 is 0 Å². The van der Waals surface area contributed by atoms with Crippen LogP contribution in [-0.2, 0) is 17.9 Å². The molecule has 1 fully saturated rings. The molecule has 2 aliphatic rings. The van der Waals surface area contributed by atoms with E-state index in [2.05, 4.69) is 15.2 Å². The van der Waals surface area contributed by atoms with Gasteiger partial charge in [-0.05, 0) is 49.6 Å². The molecule has 0 radical (unpaired) electrons. The average Bonchev–Trinajstić information content (AvgIpc) is 3.40. The Balaban J connectivity index is 1.31. The van der Waals surface area contributed by atoms with Crippen LogP contribution in [0.15, 0.2) is 47.8 Å². The van der Waals surface area contributed by atoms with Crippen LogP contribution in [0.3, 0.4) is 0 Å². The number of aryl methyl sites for hydroxylation is 1. The molecule has 2 aromatic carbocycles. The minimum atomic E-state index is -0.304. The molecule has 0 unspecified atom stereocenters. The van der Waals surface area contributed by atoms with Crippen LogP contribution >= 0.6 is 22.9 Å². The minimum Gasteiger partial charge on any atom is -0.370 e. The number of rotatable bonds is 6. The van der Waals surface area contributed by atoms with Crippen LogP contribution in [0, 0.1) is 12.8 Å². The Kier molecular flexibility index (Phi) is 6.58. The Labute approximate surface area is 212 Å². The Hall–Kier alpha value is -3.23. The number of benzene rings is 2. The van der Waals surface area contributed by atoms with E-state index in [1.165, 1.54) is 16.2 Å². The topological polar surface area (TPSA) is 82.6 Å².